The first kappa shape index (κ1) is 20.5. The molecule has 2 aliphatic carbocycles. The zero-order valence-corrected chi connectivity index (χ0v) is 17.8. The lowest BCUT2D eigenvalue weighted by Gasteiger charge is -2.33. The number of benzene rings is 2. The van der Waals surface area contributed by atoms with Gasteiger partial charge in [0, 0.05) is 25.4 Å². The van der Waals surface area contributed by atoms with E-state index in [9.17, 15) is 19.5 Å². The Labute approximate surface area is 186 Å². The number of nitrogens with one attached hydrogen (secondary N) is 1. The molecule has 0 aromatic heterocycles. The predicted octanol–water partition coefficient (Wildman–Crippen LogP) is 3.38. The molecule has 3 aliphatic rings. The molecule has 7 heteroatoms. The standard InChI is InChI=1S/C25H26N2O5/c28-22(27-13-5-6-16-14-25(16,27)23(29)30)11-12-26-24(31)32-15-21-19-9-3-1-7-17(19)18-8-2-4-10-20(18)21/h1-4,7-10,16,21H,5-6,11-15H2,(H,26,31)(H,29,30). The number of carbonyl (C=O) groups excluding carboxylic acids is 2. The number of aliphatic carboxylic acids is 1. The summed E-state index contributed by atoms with van der Waals surface area (Å²) in [5.41, 5.74) is 3.59. The molecular weight excluding hydrogens is 408 g/mol. The van der Waals surface area contributed by atoms with Gasteiger partial charge in [-0.15, -0.1) is 0 Å². The van der Waals surface area contributed by atoms with Gasteiger partial charge in [-0.25, -0.2) is 9.59 Å². The molecule has 166 valence electrons. The van der Waals surface area contributed by atoms with Gasteiger partial charge in [-0.1, -0.05) is 48.5 Å². The van der Waals surface area contributed by atoms with Crippen molar-refractivity contribution in [2.45, 2.75) is 37.1 Å². The molecule has 5 rings (SSSR count). The Morgan fingerprint density at radius 2 is 1.72 bits per heavy atom. The van der Waals surface area contributed by atoms with Crippen LogP contribution >= 0.6 is 0 Å². The Kier molecular flexibility index (Phi) is 5.12. The highest BCUT2D eigenvalue weighted by atomic mass is 16.5. The summed E-state index contributed by atoms with van der Waals surface area (Å²) in [5.74, 6) is -1.10. The molecule has 2 unspecified atom stereocenters. The smallest absolute Gasteiger partial charge is 0.407 e. The van der Waals surface area contributed by atoms with E-state index in [4.69, 9.17) is 4.74 Å². The predicted molar refractivity (Wildman–Crippen MR) is 117 cm³/mol. The third-order valence-electron chi connectivity index (χ3n) is 7.11. The molecule has 2 aromatic carbocycles. The van der Waals surface area contributed by atoms with Gasteiger partial charge in [0.2, 0.25) is 5.91 Å². The lowest BCUT2D eigenvalue weighted by atomic mass is 9.98. The molecule has 0 radical (unpaired) electrons. The second kappa shape index (κ2) is 7.97. The molecule has 1 saturated carbocycles. The Bertz CT molecular complexity index is 1040. The maximum absolute atomic E-state index is 12.6. The van der Waals surface area contributed by atoms with Crippen molar-refractivity contribution in [3.05, 3.63) is 59.7 Å². The molecular formula is C25H26N2O5. The van der Waals surface area contributed by atoms with E-state index >= 15 is 0 Å². The second-order valence-corrected chi connectivity index (χ2v) is 8.82. The largest absolute Gasteiger partial charge is 0.479 e. The fourth-order valence-electron chi connectivity index (χ4n) is 5.46. The maximum Gasteiger partial charge on any atom is 0.407 e. The molecule has 2 atom stereocenters. The van der Waals surface area contributed by atoms with Crippen LogP contribution in [0.3, 0.4) is 0 Å². The van der Waals surface area contributed by atoms with Crippen molar-refractivity contribution >= 4 is 18.0 Å². The molecule has 0 spiro atoms. The van der Waals surface area contributed by atoms with Crippen LogP contribution in [0, 0.1) is 5.92 Å². The fraction of sp³-hybridized carbons (Fsp3) is 0.400. The third-order valence-corrected chi connectivity index (χ3v) is 7.11. The lowest BCUT2D eigenvalue weighted by molar-refractivity contribution is -0.154. The van der Waals surface area contributed by atoms with Gasteiger partial charge in [-0.2, -0.15) is 0 Å². The summed E-state index contributed by atoms with van der Waals surface area (Å²) < 4.78 is 5.49. The van der Waals surface area contributed by atoms with Crippen LogP contribution in [-0.2, 0) is 14.3 Å². The molecule has 2 aromatic rings. The first-order chi connectivity index (χ1) is 15.5. The van der Waals surface area contributed by atoms with E-state index in [2.05, 4.69) is 29.6 Å². The minimum Gasteiger partial charge on any atom is -0.479 e. The van der Waals surface area contributed by atoms with Gasteiger partial charge in [0.15, 0.2) is 0 Å². The van der Waals surface area contributed by atoms with Crippen molar-refractivity contribution in [1.29, 1.82) is 0 Å². The number of piperidine rings is 1. The summed E-state index contributed by atoms with van der Waals surface area (Å²) in [5, 5.41) is 12.2. The van der Waals surface area contributed by atoms with E-state index in [1.54, 1.807) is 0 Å². The van der Waals surface area contributed by atoms with E-state index in [0.29, 0.717) is 13.0 Å². The Balaban J connectivity index is 1.14. The quantitative estimate of drug-likeness (QED) is 0.727. The van der Waals surface area contributed by atoms with Crippen LogP contribution in [0.5, 0.6) is 0 Å². The number of ether oxygens (including phenoxy) is 1. The second-order valence-electron chi connectivity index (χ2n) is 8.82. The summed E-state index contributed by atoms with van der Waals surface area (Å²) in [4.78, 5) is 38.1. The van der Waals surface area contributed by atoms with E-state index in [0.717, 1.165) is 35.1 Å². The Morgan fingerprint density at radius 3 is 2.38 bits per heavy atom. The van der Waals surface area contributed by atoms with E-state index in [1.165, 1.54) is 4.90 Å². The Hall–Kier alpha value is -3.35. The monoisotopic (exact) mass is 434 g/mol. The zero-order valence-electron chi connectivity index (χ0n) is 17.8. The number of alkyl carbamates (subject to hydrolysis) is 1. The van der Waals surface area contributed by atoms with Crippen molar-refractivity contribution in [3.63, 3.8) is 0 Å². The highest BCUT2D eigenvalue weighted by molar-refractivity contribution is 5.91. The molecule has 0 bridgehead atoms. The number of rotatable bonds is 6. The van der Waals surface area contributed by atoms with E-state index in [-0.39, 0.29) is 37.3 Å². The van der Waals surface area contributed by atoms with Gasteiger partial charge in [0.05, 0.1) is 0 Å². The van der Waals surface area contributed by atoms with Crippen LogP contribution in [0.25, 0.3) is 11.1 Å². The number of hydrogen-bond acceptors (Lipinski definition) is 4. The number of hydrogen-bond donors (Lipinski definition) is 2. The minimum absolute atomic E-state index is 0.0228. The van der Waals surface area contributed by atoms with Gasteiger partial charge in [0.25, 0.3) is 0 Å². The van der Waals surface area contributed by atoms with Crippen LogP contribution in [0.2, 0.25) is 0 Å². The SMILES string of the molecule is O=C(NCCC(=O)N1CCCC2CC21C(=O)O)OCC1c2ccccc2-c2ccccc21. The number of fused-ring (bicyclic) bond motifs is 4. The zero-order chi connectivity index (χ0) is 22.3. The molecule has 1 saturated heterocycles. The minimum atomic E-state index is -1.01. The highest BCUT2D eigenvalue weighted by Gasteiger charge is 2.66. The van der Waals surface area contributed by atoms with Crippen molar-refractivity contribution in [2.75, 3.05) is 19.7 Å². The summed E-state index contributed by atoms with van der Waals surface area (Å²) in [6.07, 6.45) is 1.70. The van der Waals surface area contributed by atoms with Gasteiger partial charge >= 0.3 is 12.1 Å². The summed E-state index contributed by atoms with van der Waals surface area (Å²) in [6.45, 7) is 0.794. The van der Waals surface area contributed by atoms with Crippen LogP contribution < -0.4 is 5.32 Å². The lowest BCUT2D eigenvalue weighted by Crippen LogP contribution is -2.51. The summed E-state index contributed by atoms with van der Waals surface area (Å²) in [6, 6.07) is 16.2. The van der Waals surface area contributed by atoms with Crippen molar-refractivity contribution in [1.82, 2.24) is 10.2 Å². The van der Waals surface area contributed by atoms with Gasteiger partial charge in [0.1, 0.15) is 12.1 Å². The van der Waals surface area contributed by atoms with Crippen molar-refractivity contribution in [2.24, 2.45) is 5.92 Å². The third kappa shape index (κ3) is 3.32. The highest BCUT2D eigenvalue weighted by Crippen LogP contribution is 2.54. The maximum atomic E-state index is 12.6. The Morgan fingerprint density at radius 1 is 1.06 bits per heavy atom. The topological polar surface area (TPSA) is 95.9 Å². The number of carbonyl (C=O) groups is 3. The van der Waals surface area contributed by atoms with E-state index < -0.39 is 17.6 Å². The van der Waals surface area contributed by atoms with E-state index in [1.807, 2.05) is 24.3 Å². The number of nitrogens with zero attached hydrogens (tertiary/aromatic N) is 1. The molecule has 2 N–H and O–H groups in total. The summed E-state index contributed by atoms with van der Waals surface area (Å²) in [7, 11) is 0. The van der Waals surface area contributed by atoms with Gasteiger partial charge in [-0.05, 0) is 47.4 Å². The number of carboxylic acids is 1. The van der Waals surface area contributed by atoms with Gasteiger partial charge < -0.3 is 20.1 Å². The number of carboxylic acid groups (broad SMARTS) is 1. The normalized spacial score (nSPS) is 23.0. The first-order valence-corrected chi connectivity index (χ1v) is 11.1. The molecule has 1 heterocycles. The summed E-state index contributed by atoms with van der Waals surface area (Å²) >= 11 is 0. The van der Waals surface area contributed by atoms with Crippen LogP contribution in [0.15, 0.2) is 48.5 Å². The molecule has 2 amide bonds. The van der Waals surface area contributed by atoms with Gasteiger partial charge in [-0.3, -0.25) is 4.79 Å². The van der Waals surface area contributed by atoms with Crippen molar-refractivity contribution in [3.8, 4) is 11.1 Å². The average Bonchev–Trinajstić information content (AvgIpc) is 3.49. The van der Waals surface area contributed by atoms with Crippen LogP contribution in [0.1, 0.15) is 42.7 Å². The molecule has 1 aliphatic heterocycles. The molecule has 7 nitrogen and oxygen atoms in total. The fourth-order valence-corrected chi connectivity index (χ4v) is 5.46. The van der Waals surface area contributed by atoms with Crippen molar-refractivity contribution < 1.29 is 24.2 Å². The number of amides is 2. The first-order valence-electron chi connectivity index (χ1n) is 11.1. The van der Waals surface area contributed by atoms with Crippen LogP contribution in [0.4, 0.5) is 4.79 Å². The number of likely N-dealkylation sites (tertiary alicyclic amines) is 1. The van der Waals surface area contributed by atoms with Crippen LogP contribution in [-0.4, -0.2) is 53.2 Å². The molecule has 32 heavy (non-hydrogen) atoms. The molecule has 2 fully saturated rings. The average molecular weight is 434 g/mol.